The summed E-state index contributed by atoms with van der Waals surface area (Å²) in [6.45, 7) is 6.28. The van der Waals surface area contributed by atoms with Gasteiger partial charge in [0.1, 0.15) is 5.82 Å². The molecule has 0 amide bonds. The van der Waals surface area contributed by atoms with Crippen molar-refractivity contribution >= 4 is 5.97 Å². The van der Waals surface area contributed by atoms with Crippen molar-refractivity contribution in [2.75, 3.05) is 6.61 Å². The fourth-order valence-corrected chi connectivity index (χ4v) is 1.59. The molecule has 0 unspecified atom stereocenters. The van der Waals surface area contributed by atoms with Crippen molar-refractivity contribution in [2.45, 2.75) is 33.6 Å². The minimum Gasteiger partial charge on any atom is -0.462 e. The molecule has 0 aliphatic carbocycles. The first-order chi connectivity index (χ1) is 8.08. The molecule has 1 aromatic rings. The predicted octanol–water partition coefficient (Wildman–Crippen LogP) is 3.73. The van der Waals surface area contributed by atoms with Crippen LogP contribution in [0.15, 0.2) is 18.2 Å². The lowest BCUT2D eigenvalue weighted by molar-refractivity contribution is 0.0428. The van der Waals surface area contributed by atoms with Crippen LogP contribution in [0, 0.1) is 18.7 Å². The molecule has 94 valence electrons. The van der Waals surface area contributed by atoms with Gasteiger partial charge in [0, 0.05) is 0 Å². The maximum Gasteiger partial charge on any atom is 0.341 e. The predicted molar refractivity (Wildman–Crippen MR) is 65.5 cm³/mol. The molecule has 1 aromatic carbocycles. The van der Waals surface area contributed by atoms with Gasteiger partial charge in [-0.15, -0.1) is 0 Å². The highest BCUT2D eigenvalue weighted by Crippen LogP contribution is 2.13. The standard InChI is InChI=1S/C14H19FO2/c1-4-11(5-2)9-17-14(16)12-8-10(3)6-7-13(12)15/h6-8,11H,4-5,9H2,1-3H3. The lowest BCUT2D eigenvalue weighted by atomic mass is 10.1. The number of rotatable bonds is 5. The van der Waals surface area contributed by atoms with E-state index >= 15 is 0 Å². The molecule has 0 spiro atoms. The van der Waals surface area contributed by atoms with E-state index in [1.807, 2.05) is 6.92 Å². The van der Waals surface area contributed by atoms with Gasteiger partial charge >= 0.3 is 5.97 Å². The van der Waals surface area contributed by atoms with Crippen LogP contribution in [0.25, 0.3) is 0 Å². The summed E-state index contributed by atoms with van der Waals surface area (Å²) in [5.74, 6) is -0.741. The molecular formula is C14H19FO2. The summed E-state index contributed by atoms with van der Waals surface area (Å²) in [4.78, 5) is 11.7. The summed E-state index contributed by atoms with van der Waals surface area (Å²) >= 11 is 0. The van der Waals surface area contributed by atoms with Crippen molar-refractivity contribution in [3.8, 4) is 0 Å². The maximum absolute atomic E-state index is 13.4. The third kappa shape index (κ3) is 3.84. The van der Waals surface area contributed by atoms with Gasteiger partial charge < -0.3 is 4.74 Å². The van der Waals surface area contributed by atoms with Crippen molar-refractivity contribution in [2.24, 2.45) is 5.92 Å². The van der Waals surface area contributed by atoms with Crippen LogP contribution < -0.4 is 0 Å². The smallest absolute Gasteiger partial charge is 0.341 e. The van der Waals surface area contributed by atoms with E-state index in [0.29, 0.717) is 12.5 Å². The number of ether oxygens (including phenoxy) is 1. The number of carbonyl (C=O) groups is 1. The van der Waals surface area contributed by atoms with Crippen LogP contribution in [0.5, 0.6) is 0 Å². The van der Waals surface area contributed by atoms with Crippen molar-refractivity contribution in [3.05, 3.63) is 35.1 Å². The van der Waals surface area contributed by atoms with Crippen molar-refractivity contribution in [3.63, 3.8) is 0 Å². The quantitative estimate of drug-likeness (QED) is 0.731. The van der Waals surface area contributed by atoms with Crippen LogP contribution in [-0.2, 0) is 4.74 Å². The summed E-state index contributed by atoms with van der Waals surface area (Å²) < 4.78 is 18.5. The molecule has 0 aliphatic heterocycles. The van der Waals surface area contributed by atoms with Gasteiger partial charge in [0.05, 0.1) is 12.2 Å². The Balaban J connectivity index is 2.66. The van der Waals surface area contributed by atoms with E-state index in [4.69, 9.17) is 4.74 Å². The molecule has 0 saturated heterocycles. The maximum atomic E-state index is 13.4. The SMILES string of the molecule is CCC(CC)COC(=O)c1cc(C)ccc1F. The van der Waals surface area contributed by atoms with Gasteiger partial charge in [-0.1, -0.05) is 38.3 Å². The van der Waals surface area contributed by atoms with Crippen molar-refractivity contribution in [1.29, 1.82) is 0 Å². The molecule has 0 aromatic heterocycles. The molecule has 0 N–H and O–H groups in total. The molecule has 2 nitrogen and oxygen atoms in total. The van der Waals surface area contributed by atoms with Crippen LogP contribution in [0.4, 0.5) is 4.39 Å². The molecule has 17 heavy (non-hydrogen) atoms. The summed E-state index contributed by atoms with van der Waals surface area (Å²) in [7, 11) is 0. The second-order valence-electron chi connectivity index (χ2n) is 4.26. The van der Waals surface area contributed by atoms with E-state index in [0.717, 1.165) is 18.4 Å². The zero-order chi connectivity index (χ0) is 12.8. The van der Waals surface area contributed by atoms with Gasteiger partial charge in [0.25, 0.3) is 0 Å². The molecule has 0 aliphatic rings. The van der Waals surface area contributed by atoms with Crippen LogP contribution in [0.1, 0.15) is 42.6 Å². The number of benzene rings is 1. The van der Waals surface area contributed by atoms with Crippen LogP contribution >= 0.6 is 0 Å². The minimum absolute atomic E-state index is 0.0240. The van der Waals surface area contributed by atoms with Crippen LogP contribution in [0.3, 0.4) is 0 Å². The molecule has 3 heteroatoms. The topological polar surface area (TPSA) is 26.3 Å². The first-order valence-electron chi connectivity index (χ1n) is 6.01. The fraction of sp³-hybridized carbons (Fsp3) is 0.500. The average molecular weight is 238 g/mol. The minimum atomic E-state index is -0.571. The number of halogens is 1. The first-order valence-corrected chi connectivity index (χ1v) is 6.01. The monoisotopic (exact) mass is 238 g/mol. The Morgan fingerprint density at radius 2 is 2.00 bits per heavy atom. The van der Waals surface area contributed by atoms with Gasteiger partial charge in [-0.3, -0.25) is 0 Å². The van der Waals surface area contributed by atoms with Crippen LogP contribution in [-0.4, -0.2) is 12.6 Å². The average Bonchev–Trinajstić information content (AvgIpc) is 2.33. The molecule has 0 radical (unpaired) electrons. The summed E-state index contributed by atoms with van der Waals surface area (Å²) in [6.07, 6.45) is 1.92. The van der Waals surface area contributed by atoms with E-state index in [1.165, 1.54) is 12.1 Å². The molecule has 0 bridgehead atoms. The third-order valence-corrected chi connectivity index (χ3v) is 2.95. The Morgan fingerprint density at radius 1 is 1.35 bits per heavy atom. The largest absolute Gasteiger partial charge is 0.462 e. The second-order valence-corrected chi connectivity index (χ2v) is 4.26. The Morgan fingerprint density at radius 3 is 2.59 bits per heavy atom. The molecule has 0 fully saturated rings. The molecule has 0 heterocycles. The van der Waals surface area contributed by atoms with Gasteiger partial charge in [0.15, 0.2) is 0 Å². The van der Waals surface area contributed by atoms with Gasteiger partial charge in [-0.25, -0.2) is 9.18 Å². The van der Waals surface area contributed by atoms with E-state index < -0.39 is 11.8 Å². The highest BCUT2D eigenvalue weighted by molar-refractivity contribution is 5.89. The summed E-state index contributed by atoms with van der Waals surface area (Å²) in [5.41, 5.74) is 0.872. The van der Waals surface area contributed by atoms with Gasteiger partial charge in [-0.2, -0.15) is 0 Å². The molecule has 1 rings (SSSR count). The van der Waals surface area contributed by atoms with E-state index in [2.05, 4.69) is 13.8 Å². The Hall–Kier alpha value is -1.38. The number of aryl methyl sites for hydroxylation is 1. The summed E-state index contributed by atoms with van der Waals surface area (Å²) in [5, 5.41) is 0. The number of hydrogen-bond acceptors (Lipinski definition) is 2. The van der Waals surface area contributed by atoms with Gasteiger partial charge in [-0.05, 0) is 25.0 Å². The number of carbonyl (C=O) groups excluding carboxylic acids is 1. The first kappa shape index (κ1) is 13.7. The highest BCUT2D eigenvalue weighted by atomic mass is 19.1. The van der Waals surface area contributed by atoms with Crippen LogP contribution in [0.2, 0.25) is 0 Å². The number of esters is 1. The normalized spacial score (nSPS) is 10.6. The number of hydrogen-bond donors (Lipinski definition) is 0. The van der Waals surface area contributed by atoms with Crippen molar-refractivity contribution in [1.82, 2.24) is 0 Å². The fourth-order valence-electron chi connectivity index (χ4n) is 1.59. The lowest BCUT2D eigenvalue weighted by Gasteiger charge is -2.13. The molecular weight excluding hydrogens is 219 g/mol. The zero-order valence-electron chi connectivity index (χ0n) is 10.6. The highest BCUT2D eigenvalue weighted by Gasteiger charge is 2.14. The Kier molecular flexibility index (Phi) is 5.13. The van der Waals surface area contributed by atoms with Crippen molar-refractivity contribution < 1.29 is 13.9 Å². The van der Waals surface area contributed by atoms with Gasteiger partial charge in [0.2, 0.25) is 0 Å². The second kappa shape index (κ2) is 6.38. The summed E-state index contributed by atoms with van der Waals surface area (Å²) in [6, 6.07) is 4.45. The van der Waals surface area contributed by atoms with E-state index in [-0.39, 0.29) is 5.56 Å². The van der Waals surface area contributed by atoms with E-state index in [1.54, 1.807) is 6.07 Å². The Labute approximate surface area is 102 Å². The molecule has 0 atom stereocenters. The molecule has 0 saturated carbocycles. The Bertz CT molecular complexity index is 384. The third-order valence-electron chi connectivity index (χ3n) is 2.95. The lowest BCUT2D eigenvalue weighted by Crippen LogP contribution is -2.14. The zero-order valence-corrected chi connectivity index (χ0v) is 10.6. The van der Waals surface area contributed by atoms with E-state index in [9.17, 15) is 9.18 Å².